The maximum Gasteiger partial charge on any atom is 0.180 e. The molecule has 3 rings (SSSR count). The van der Waals surface area contributed by atoms with E-state index in [0.29, 0.717) is 6.04 Å². The van der Waals surface area contributed by atoms with Gasteiger partial charge in [-0.05, 0) is 31.9 Å². The van der Waals surface area contributed by atoms with Crippen LogP contribution in [0.15, 0.2) is 35.3 Å². The molecular formula is C15H20N4O. The van der Waals surface area contributed by atoms with Gasteiger partial charge in [0.2, 0.25) is 0 Å². The van der Waals surface area contributed by atoms with Crippen molar-refractivity contribution < 1.29 is 4.42 Å². The molecule has 0 unspecified atom stereocenters. The van der Waals surface area contributed by atoms with E-state index in [2.05, 4.69) is 32.3 Å². The highest BCUT2D eigenvalue weighted by molar-refractivity contribution is 5.39. The van der Waals surface area contributed by atoms with Crippen LogP contribution in [0.3, 0.4) is 0 Å². The van der Waals surface area contributed by atoms with Gasteiger partial charge in [-0.2, -0.15) is 0 Å². The fraction of sp³-hybridized carbons (Fsp3) is 0.467. The predicted molar refractivity (Wildman–Crippen MR) is 77.6 cm³/mol. The first-order chi connectivity index (χ1) is 9.81. The molecule has 0 aliphatic carbocycles. The summed E-state index contributed by atoms with van der Waals surface area (Å²) in [5, 5.41) is 3.54. The number of piperidine rings is 1. The van der Waals surface area contributed by atoms with Crippen molar-refractivity contribution in [2.75, 3.05) is 18.0 Å². The van der Waals surface area contributed by atoms with Crippen LogP contribution >= 0.6 is 0 Å². The van der Waals surface area contributed by atoms with Crippen molar-refractivity contribution >= 4 is 5.82 Å². The third-order valence-electron chi connectivity index (χ3n) is 3.75. The lowest BCUT2D eigenvalue weighted by atomic mass is 10.0. The minimum atomic E-state index is 0.549. The van der Waals surface area contributed by atoms with E-state index >= 15 is 0 Å². The molecule has 2 aromatic rings. The summed E-state index contributed by atoms with van der Waals surface area (Å²) in [5.74, 6) is 1.10. The van der Waals surface area contributed by atoms with Crippen LogP contribution in [0.25, 0.3) is 0 Å². The van der Waals surface area contributed by atoms with Crippen molar-refractivity contribution in [3.63, 3.8) is 0 Å². The standard InChI is InChI=1S/C15H20N4O/c1-12-3-2-4-15(18-12)19-7-5-13(6-8-19)16-9-14-10-20-11-17-14/h2-4,10-11,13,16H,5-9H2,1H3. The predicted octanol–water partition coefficient (Wildman–Crippen LogP) is 2.14. The number of aryl methyl sites for hydroxylation is 1. The first-order valence-electron chi connectivity index (χ1n) is 7.10. The van der Waals surface area contributed by atoms with E-state index in [1.165, 1.54) is 6.39 Å². The third kappa shape index (κ3) is 3.17. The Morgan fingerprint density at radius 3 is 2.90 bits per heavy atom. The van der Waals surface area contributed by atoms with Gasteiger partial charge >= 0.3 is 0 Å². The SMILES string of the molecule is Cc1cccc(N2CCC(NCc3cocn3)CC2)n1. The second-order valence-corrected chi connectivity index (χ2v) is 5.26. The molecule has 0 spiro atoms. The van der Waals surface area contributed by atoms with Gasteiger partial charge in [0.1, 0.15) is 12.1 Å². The van der Waals surface area contributed by atoms with E-state index in [-0.39, 0.29) is 0 Å². The first-order valence-corrected chi connectivity index (χ1v) is 7.10. The van der Waals surface area contributed by atoms with E-state index in [4.69, 9.17) is 4.42 Å². The Kier molecular flexibility index (Phi) is 3.97. The Morgan fingerprint density at radius 2 is 2.20 bits per heavy atom. The highest BCUT2D eigenvalue weighted by atomic mass is 16.3. The summed E-state index contributed by atoms with van der Waals surface area (Å²) >= 11 is 0. The molecule has 0 atom stereocenters. The topological polar surface area (TPSA) is 54.2 Å². The lowest BCUT2D eigenvalue weighted by molar-refractivity contribution is 0.410. The fourth-order valence-corrected chi connectivity index (χ4v) is 2.59. The Balaban J connectivity index is 1.49. The monoisotopic (exact) mass is 272 g/mol. The van der Waals surface area contributed by atoms with E-state index in [9.17, 15) is 0 Å². The van der Waals surface area contributed by atoms with Gasteiger partial charge in [-0.1, -0.05) is 6.07 Å². The van der Waals surface area contributed by atoms with Gasteiger partial charge in [-0.3, -0.25) is 0 Å². The maximum atomic E-state index is 4.97. The van der Waals surface area contributed by atoms with Crippen LogP contribution in [-0.2, 0) is 6.54 Å². The van der Waals surface area contributed by atoms with Crippen LogP contribution in [0.5, 0.6) is 0 Å². The minimum absolute atomic E-state index is 0.549. The van der Waals surface area contributed by atoms with Crippen LogP contribution < -0.4 is 10.2 Å². The van der Waals surface area contributed by atoms with Crippen LogP contribution in [0.4, 0.5) is 5.82 Å². The van der Waals surface area contributed by atoms with Crippen molar-refractivity contribution in [2.45, 2.75) is 32.4 Å². The molecule has 0 bridgehead atoms. The van der Waals surface area contributed by atoms with E-state index in [1.54, 1.807) is 6.26 Å². The molecule has 5 heteroatoms. The zero-order chi connectivity index (χ0) is 13.8. The number of aromatic nitrogens is 2. The summed E-state index contributed by atoms with van der Waals surface area (Å²) in [4.78, 5) is 11.1. The van der Waals surface area contributed by atoms with Gasteiger partial charge in [-0.25, -0.2) is 9.97 Å². The lowest BCUT2D eigenvalue weighted by Gasteiger charge is -2.33. The smallest absolute Gasteiger partial charge is 0.180 e. The number of hydrogen-bond donors (Lipinski definition) is 1. The molecule has 3 heterocycles. The molecule has 1 aliphatic rings. The summed E-state index contributed by atoms with van der Waals surface area (Å²) in [7, 11) is 0. The summed E-state index contributed by atoms with van der Waals surface area (Å²) in [5.41, 5.74) is 2.04. The Hall–Kier alpha value is -1.88. The van der Waals surface area contributed by atoms with Crippen molar-refractivity contribution in [2.24, 2.45) is 0 Å². The van der Waals surface area contributed by atoms with E-state index in [0.717, 1.165) is 49.7 Å². The molecule has 106 valence electrons. The van der Waals surface area contributed by atoms with Crippen LogP contribution in [-0.4, -0.2) is 29.1 Å². The number of hydrogen-bond acceptors (Lipinski definition) is 5. The number of pyridine rings is 1. The normalized spacial score (nSPS) is 16.6. The zero-order valence-corrected chi connectivity index (χ0v) is 11.7. The summed E-state index contributed by atoms with van der Waals surface area (Å²) < 4.78 is 4.97. The van der Waals surface area contributed by atoms with Gasteiger partial charge < -0.3 is 14.6 Å². The Labute approximate surface area is 119 Å². The number of rotatable bonds is 4. The number of oxazole rings is 1. The molecule has 0 amide bonds. The summed E-state index contributed by atoms with van der Waals surface area (Å²) in [6.07, 6.45) is 5.43. The molecule has 1 fully saturated rings. The first kappa shape index (κ1) is 13.1. The third-order valence-corrected chi connectivity index (χ3v) is 3.75. The number of nitrogens with zero attached hydrogens (tertiary/aromatic N) is 3. The zero-order valence-electron chi connectivity index (χ0n) is 11.7. The van der Waals surface area contributed by atoms with Crippen LogP contribution in [0.1, 0.15) is 24.2 Å². The van der Waals surface area contributed by atoms with Crippen LogP contribution in [0, 0.1) is 6.92 Å². The summed E-state index contributed by atoms with van der Waals surface area (Å²) in [6.45, 7) is 4.92. The van der Waals surface area contributed by atoms with Crippen molar-refractivity contribution in [1.29, 1.82) is 0 Å². The van der Waals surface area contributed by atoms with Gasteiger partial charge in [-0.15, -0.1) is 0 Å². The van der Waals surface area contributed by atoms with Crippen molar-refractivity contribution in [1.82, 2.24) is 15.3 Å². The van der Waals surface area contributed by atoms with Crippen molar-refractivity contribution in [3.05, 3.63) is 42.2 Å². The molecule has 0 radical (unpaired) electrons. The average Bonchev–Trinajstić information content (AvgIpc) is 2.99. The Bertz CT molecular complexity index is 533. The lowest BCUT2D eigenvalue weighted by Crippen LogP contribution is -2.42. The summed E-state index contributed by atoms with van der Waals surface area (Å²) in [6, 6.07) is 6.76. The molecule has 0 aromatic carbocycles. The second-order valence-electron chi connectivity index (χ2n) is 5.26. The average molecular weight is 272 g/mol. The molecule has 20 heavy (non-hydrogen) atoms. The quantitative estimate of drug-likeness (QED) is 0.924. The van der Waals surface area contributed by atoms with Crippen molar-refractivity contribution in [3.8, 4) is 0 Å². The fourth-order valence-electron chi connectivity index (χ4n) is 2.59. The molecule has 2 aromatic heterocycles. The second kappa shape index (κ2) is 6.05. The molecule has 1 N–H and O–H groups in total. The molecule has 1 saturated heterocycles. The molecule has 5 nitrogen and oxygen atoms in total. The number of nitrogens with one attached hydrogen (secondary N) is 1. The molecule has 1 aliphatic heterocycles. The van der Waals surface area contributed by atoms with Gasteiger partial charge in [0.15, 0.2) is 6.39 Å². The highest BCUT2D eigenvalue weighted by Crippen LogP contribution is 2.18. The maximum absolute atomic E-state index is 4.97. The number of anilines is 1. The van der Waals surface area contributed by atoms with Gasteiger partial charge in [0, 0.05) is 31.4 Å². The minimum Gasteiger partial charge on any atom is -0.451 e. The van der Waals surface area contributed by atoms with Gasteiger partial charge in [0.05, 0.1) is 5.69 Å². The van der Waals surface area contributed by atoms with E-state index in [1.807, 2.05) is 13.0 Å². The highest BCUT2D eigenvalue weighted by Gasteiger charge is 2.19. The van der Waals surface area contributed by atoms with Crippen LogP contribution in [0.2, 0.25) is 0 Å². The molecule has 0 saturated carbocycles. The largest absolute Gasteiger partial charge is 0.451 e. The Morgan fingerprint density at radius 1 is 1.35 bits per heavy atom. The van der Waals surface area contributed by atoms with Gasteiger partial charge in [0.25, 0.3) is 0 Å². The molecular weight excluding hydrogens is 252 g/mol. The van der Waals surface area contributed by atoms with E-state index < -0.39 is 0 Å².